The lowest BCUT2D eigenvalue weighted by Gasteiger charge is -2.46. The number of anilines is 1. The summed E-state index contributed by atoms with van der Waals surface area (Å²) in [5.41, 5.74) is 0.417. The van der Waals surface area contributed by atoms with E-state index in [0.717, 1.165) is 34.6 Å². The van der Waals surface area contributed by atoms with E-state index in [9.17, 15) is 28.8 Å². The van der Waals surface area contributed by atoms with Gasteiger partial charge in [0.1, 0.15) is 18.8 Å². The first-order valence-corrected chi connectivity index (χ1v) is 11.5. The van der Waals surface area contributed by atoms with Crippen molar-refractivity contribution in [3.05, 3.63) is 30.3 Å². The Morgan fingerprint density at radius 2 is 1.37 bits per heavy atom. The number of hydrogen-bond donors (Lipinski definition) is 2. The van der Waals surface area contributed by atoms with Crippen molar-refractivity contribution in [2.45, 2.75) is 71.4 Å². The van der Waals surface area contributed by atoms with Gasteiger partial charge in [0.05, 0.1) is 0 Å². The highest BCUT2D eigenvalue weighted by atomic mass is 16.7. The van der Waals surface area contributed by atoms with Crippen molar-refractivity contribution in [3.8, 4) is 0 Å². The predicted molar refractivity (Wildman–Crippen MR) is 126 cm³/mol. The number of rotatable bonds is 9. The first-order chi connectivity index (χ1) is 17.9. The molecule has 208 valence electrons. The molecule has 0 bridgehead atoms. The van der Waals surface area contributed by atoms with Gasteiger partial charge < -0.3 is 39.1 Å². The van der Waals surface area contributed by atoms with Crippen LogP contribution in [0.4, 0.5) is 10.5 Å². The molecule has 0 radical (unpaired) electrons. The molecule has 1 aromatic carbocycles. The molecule has 1 aromatic rings. The number of nitrogens with one attached hydrogen (secondary N) is 2. The number of ether oxygens (including phenoxy) is 6. The van der Waals surface area contributed by atoms with Gasteiger partial charge in [0.2, 0.25) is 6.29 Å². The predicted octanol–water partition coefficient (Wildman–Crippen LogP) is 0.823. The van der Waals surface area contributed by atoms with Crippen LogP contribution in [0.25, 0.3) is 0 Å². The first-order valence-electron chi connectivity index (χ1n) is 11.5. The molecule has 14 nitrogen and oxygen atoms in total. The zero-order chi connectivity index (χ0) is 28.4. The molecular formula is C24H30N2O12. The second kappa shape index (κ2) is 13.9. The lowest BCUT2D eigenvalue weighted by atomic mass is 9.93. The van der Waals surface area contributed by atoms with Gasteiger partial charge in [0.15, 0.2) is 18.3 Å². The summed E-state index contributed by atoms with van der Waals surface area (Å²) in [4.78, 5) is 72.1. The lowest BCUT2D eigenvalue weighted by Crippen LogP contribution is -2.69. The van der Waals surface area contributed by atoms with Crippen molar-refractivity contribution >= 4 is 41.6 Å². The summed E-state index contributed by atoms with van der Waals surface area (Å²) >= 11 is 0. The van der Waals surface area contributed by atoms with Gasteiger partial charge in [-0.05, 0) is 12.1 Å². The highest BCUT2D eigenvalue weighted by molar-refractivity contribution is 5.89. The quantitative estimate of drug-likeness (QED) is 0.334. The van der Waals surface area contributed by atoms with E-state index in [2.05, 4.69) is 10.6 Å². The Kier molecular flexibility index (Phi) is 11.0. The second-order valence-electron chi connectivity index (χ2n) is 8.17. The molecule has 2 rings (SSSR count). The number of hydrogen-bond acceptors (Lipinski definition) is 12. The zero-order valence-electron chi connectivity index (χ0n) is 21.5. The van der Waals surface area contributed by atoms with Gasteiger partial charge in [-0.3, -0.25) is 24.0 Å². The van der Waals surface area contributed by atoms with Crippen LogP contribution in [-0.2, 0) is 52.4 Å². The Balaban J connectivity index is 2.51. The van der Waals surface area contributed by atoms with Gasteiger partial charge in [0, 0.05) is 40.3 Å². The molecule has 1 saturated heterocycles. The van der Waals surface area contributed by atoms with E-state index in [1.165, 1.54) is 0 Å². The van der Waals surface area contributed by atoms with Gasteiger partial charge in [-0.15, -0.1) is 0 Å². The molecule has 0 aromatic heterocycles. The fraction of sp³-hybridized carbons (Fsp3) is 0.500. The van der Waals surface area contributed by atoms with Crippen LogP contribution in [0.15, 0.2) is 30.3 Å². The molecule has 1 aliphatic heterocycles. The van der Waals surface area contributed by atoms with Crippen molar-refractivity contribution in [3.63, 3.8) is 0 Å². The number of urea groups is 1. The van der Waals surface area contributed by atoms with E-state index in [1.807, 2.05) is 0 Å². The van der Waals surface area contributed by atoms with E-state index < -0.39 is 79.2 Å². The zero-order valence-corrected chi connectivity index (χ0v) is 21.5. The molecule has 0 saturated carbocycles. The highest BCUT2D eigenvalue weighted by Gasteiger charge is 2.55. The van der Waals surface area contributed by atoms with Gasteiger partial charge in [-0.25, -0.2) is 4.79 Å². The van der Waals surface area contributed by atoms with Gasteiger partial charge >= 0.3 is 35.9 Å². The normalized spacial score (nSPS) is 23.1. The van der Waals surface area contributed by atoms with Crippen molar-refractivity contribution in [2.24, 2.45) is 0 Å². The summed E-state index contributed by atoms with van der Waals surface area (Å²) in [6.07, 6.45) is -7.49. The summed E-state index contributed by atoms with van der Waals surface area (Å²) in [7, 11) is 0. The Morgan fingerprint density at radius 3 is 1.89 bits per heavy atom. The van der Waals surface area contributed by atoms with E-state index in [-0.39, 0.29) is 0 Å². The molecule has 2 amide bonds. The number of para-hydroxylation sites is 1. The molecule has 38 heavy (non-hydrogen) atoms. The van der Waals surface area contributed by atoms with Crippen LogP contribution in [0, 0.1) is 0 Å². The van der Waals surface area contributed by atoms with E-state index >= 15 is 0 Å². The fourth-order valence-corrected chi connectivity index (χ4v) is 3.68. The molecule has 6 atom stereocenters. The molecule has 1 heterocycles. The molecule has 2 N–H and O–H groups in total. The van der Waals surface area contributed by atoms with Crippen LogP contribution in [0.1, 0.15) is 34.6 Å². The summed E-state index contributed by atoms with van der Waals surface area (Å²) in [5.74, 6) is -4.03. The maximum atomic E-state index is 12.8. The van der Waals surface area contributed by atoms with Gasteiger partial charge in [-0.2, -0.15) is 0 Å². The molecular weight excluding hydrogens is 508 g/mol. The lowest BCUT2D eigenvalue weighted by molar-refractivity contribution is -0.282. The molecule has 1 fully saturated rings. The molecule has 14 heteroatoms. The SMILES string of the molecule is CC(=O)OC[C@@H](OC(C)=O)[C@@H]1O[C@H](OC(C)=O)[C@@H](NC(=O)Nc2ccccc2)[C@H](OC(C)=O)[C@H]1OC(C)=O. The number of esters is 5. The average molecular weight is 539 g/mol. The number of benzene rings is 1. The third-order valence-corrected chi connectivity index (χ3v) is 4.94. The Labute approximate surface area is 218 Å². The largest absolute Gasteiger partial charge is 0.462 e. The van der Waals surface area contributed by atoms with Crippen LogP contribution in [-0.4, -0.2) is 79.2 Å². The van der Waals surface area contributed by atoms with Crippen molar-refractivity contribution in [1.29, 1.82) is 0 Å². The van der Waals surface area contributed by atoms with Crippen molar-refractivity contribution < 1.29 is 57.2 Å². The third kappa shape index (κ3) is 9.35. The summed E-state index contributed by atoms with van der Waals surface area (Å²) in [6.45, 7) is 4.86. The van der Waals surface area contributed by atoms with Gasteiger partial charge in [0.25, 0.3) is 0 Å². The van der Waals surface area contributed by atoms with E-state index in [4.69, 9.17) is 28.4 Å². The summed E-state index contributed by atoms with van der Waals surface area (Å²) < 4.78 is 32.1. The molecule has 1 aliphatic rings. The number of carbonyl (C=O) groups excluding carboxylic acids is 6. The van der Waals surface area contributed by atoms with Crippen LogP contribution in [0.5, 0.6) is 0 Å². The standard InChI is InChI=1S/C24H30N2O12/c1-12(27)33-11-18(34-13(2)28)20-22(36-15(4)30)21(35-14(3)29)19(23(38-20)37-16(5)31)26-24(32)25-17-9-7-6-8-10-17/h6-10,18-23H,11H2,1-5H3,(H2,25,26,32)/t18-,19+,20+,21+,22+,23+/m1/s1. The molecule has 0 aliphatic carbocycles. The van der Waals surface area contributed by atoms with E-state index in [0.29, 0.717) is 5.69 Å². The molecule has 0 unspecified atom stereocenters. The summed E-state index contributed by atoms with van der Waals surface area (Å²) in [6, 6.07) is 6.13. The molecule has 0 spiro atoms. The van der Waals surface area contributed by atoms with Crippen LogP contribution in [0.2, 0.25) is 0 Å². The Hall–Kier alpha value is -4.20. The first kappa shape index (κ1) is 30.0. The minimum absolute atomic E-state index is 0.417. The van der Waals surface area contributed by atoms with Crippen LogP contribution in [0.3, 0.4) is 0 Å². The third-order valence-electron chi connectivity index (χ3n) is 4.94. The van der Waals surface area contributed by atoms with Crippen LogP contribution >= 0.6 is 0 Å². The minimum atomic E-state index is -1.62. The Morgan fingerprint density at radius 1 is 0.789 bits per heavy atom. The Bertz CT molecular complexity index is 1030. The topological polar surface area (TPSA) is 182 Å². The maximum absolute atomic E-state index is 12.8. The minimum Gasteiger partial charge on any atom is -0.462 e. The summed E-state index contributed by atoms with van der Waals surface area (Å²) in [5, 5.41) is 5.08. The van der Waals surface area contributed by atoms with Crippen molar-refractivity contribution in [1.82, 2.24) is 5.32 Å². The smallest absolute Gasteiger partial charge is 0.319 e. The van der Waals surface area contributed by atoms with Crippen molar-refractivity contribution in [2.75, 3.05) is 11.9 Å². The monoisotopic (exact) mass is 538 g/mol. The van der Waals surface area contributed by atoms with Gasteiger partial charge in [-0.1, -0.05) is 18.2 Å². The fourth-order valence-electron chi connectivity index (χ4n) is 3.68. The maximum Gasteiger partial charge on any atom is 0.319 e. The number of amides is 2. The van der Waals surface area contributed by atoms with Crippen LogP contribution < -0.4 is 10.6 Å². The second-order valence-corrected chi connectivity index (χ2v) is 8.17. The van der Waals surface area contributed by atoms with E-state index in [1.54, 1.807) is 30.3 Å². The number of carbonyl (C=O) groups is 6. The highest BCUT2D eigenvalue weighted by Crippen LogP contribution is 2.30. The average Bonchev–Trinajstić information content (AvgIpc) is 2.79.